The maximum Gasteiger partial charge on any atom is 0.314 e. The Balaban J connectivity index is 1.72. The van der Waals surface area contributed by atoms with E-state index in [9.17, 15) is 19.2 Å². The summed E-state index contributed by atoms with van der Waals surface area (Å²) in [5.74, 6) is -1.77. The molecule has 8 nitrogen and oxygen atoms in total. The number of carbonyl (C=O) groups is 4. The summed E-state index contributed by atoms with van der Waals surface area (Å²) in [6, 6.07) is 8.33. The summed E-state index contributed by atoms with van der Waals surface area (Å²) in [7, 11) is 1.36. The molecule has 1 heterocycles. The van der Waals surface area contributed by atoms with Crippen LogP contribution in [0.25, 0.3) is 5.57 Å². The number of fused-ring (bicyclic) bond motifs is 2. The van der Waals surface area contributed by atoms with Crippen molar-refractivity contribution in [2.24, 2.45) is 0 Å². The lowest BCUT2D eigenvalue weighted by Crippen LogP contribution is -2.14. The maximum atomic E-state index is 12.6. The fourth-order valence-corrected chi connectivity index (χ4v) is 2.94. The number of benzene rings is 1. The van der Waals surface area contributed by atoms with Gasteiger partial charge in [-0.1, -0.05) is 30.8 Å². The Morgan fingerprint density at radius 2 is 1.87 bits per heavy atom. The van der Waals surface area contributed by atoms with Crippen molar-refractivity contribution in [1.29, 1.82) is 0 Å². The highest BCUT2D eigenvalue weighted by atomic mass is 16.6. The minimum Gasteiger partial charge on any atom is -0.498 e. The van der Waals surface area contributed by atoms with Crippen LogP contribution < -0.4 is 0 Å². The van der Waals surface area contributed by atoms with Gasteiger partial charge in [0.05, 0.1) is 7.11 Å². The molecule has 0 atom stereocenters. The van der Waals surface area contributed by atoms with Crippen molar-refractivity contribution >= 4 is 29.6 Å². The van der Waals surface area contributed by atoms with Crippen LogP contribution in [0.3, 0.4) is 0 Å². The molecule has 0 N–H and O–H groups in total. The molecule has 154 valence electrons. The van der Waals surface area contributed by atoms with Gasteiger partial charge in [0.1, 0.15) is 12.2 Å². The summed E-state index contributed by atoms with van der Waals surface area (Å²) in [4.78, 5) is 47.6. The van der Waals surface area contributed by atoms with E-state index in [0.29, 0.717) is 22.3 Å². The Labute approximate surface area is 171 Å². The predicted molar refractivity (Wildman–Crippen MR) is 103 cm³/mol. The van der Waals surface area contributed by atoms with Crippen LogP contribution in [-0.2, 0) is 23.8 Å². The molecule has 0 unspecified atom stereocenters. The summed E-state index contributed by atoms with van der Waals surface area (Å²) in [5, 5.41) is 0. The summed E-state index contributed by atoms with van der Waals surface area (Å²) in [5.41, 5.74) is 2.07. The number of ether oxygens (including phenoxy) is 3. The first-order valence-electron chi connectivity index (χ1n) is 8.87. The van der Waals surface area contributed by atoms with Crippen molar-refractivity contribution in [3.63, 3.8) is 0 Å². The van der Waals surface area contributed by atoms with Gasteiger partial charge in [0.15, 0.2) is 23.9 Å². The zero-order chi connectivity index (χ0) is 21.8. The van der Waals surface area contributed by atoms with E-state index < -0.39 is 18.2 Å². The molecule has 2 aromatic rings. The number of hydrogen-bond donors (Lipinski definition) is 0. The molecule has 1 aromatic heterocycles. The fraction of sp³-hybridized carbons (Fsp3) is 0.182. The molecule has 8 heteroatoms. The molecule has 1 aliphatic rings. The molecule has 1 aromatic carbocycles. The van der Waals surface area contributed by atoms with E-state index in [0.717, 1.165) is 0 Å². The Kier molecular flexibility index (Phi) is 5.96. The number of rotatable bonds is 8. The van der Waals surface area contributed by atoms with E-state index in [1.54, 1.807) is 24.3 Å². The second-order valence-corrected chi connectivity index (χ2v) is 6.36. The van der Waals surface area contributed by atoms with Crippen molar-refractivity contribution in [2.75, 3.05) is 13.7 Å². The average Bonchev–Trinajstić information content (AvgIpc) is 3.20. The van der Waals surface area contributed by atoms with E-state index >= 15 is 0 Å². The predicted octanol–water partition coefficient (Wildman–Crippen LogP) is 3.05. The molecule has 1 aliphatic carbocycles. The van der Waals surface area contributed by atoms with Crippen molar-refractivity contribution < 1.29 is 37.8 Å². The molecule has 0 fully saturated rings. The minimum atomic E-state index is -0.862. The Bertz CT molecular complexity index is 1030. The molecular formula is C22H18O8. The monoisotopic (exact) mass is 410 g/mol. The summed E-state index contributed by atoms with van der Waals surface area (Å²) in [6.07, 6.45) is -0.625. The lowest BCUT2D eigenvalue weighted by molar-refractivity contribution is -0.144. The van der Waals surface area contributed by atoms with E-state index in [-0.39, 0.29) is 41.9 Å². The van der Waals surface area contributed by atoms with Gasteiger partial charge in [0, 0.05) is 11.1 Å². The van der Waals surface area contributed by atoms with Gasteiger partial charge >= 0.3 is 5.97 Å². The van der Waals surface area contributed by atoms with Gasteiger partial charge in [0.25, 0.3) is 6.47 Å². The van der Waals surface area contributed by atoms with Gasteiger partial charge in [-0.25, -0.2) is 0 Å². The van der Waals surface area contributed by atoms with Crippen LogP contribution in [0, 0.1) is 0 Å². The van der Waals surface area contributed by atoms with E-state index in [1.807, 2.05) is 0 Å². The van der Waals surface area contributed by atoms with Crippen molar-refractivity contribution in [3.05, 3.63) is 76.6 Å². The van der Waals surface area contributed by atoms with Crippen LogP contribution in [0.15, 0.2) is 52.8 Å². The van der Waals surface area contributed by atoms with Gasteiger partial charge in [-0.2, -0.15) is 0 Å². The molecular weight excluding hydrogens is 392 g/mol. The lowest BCUT2D eigenvalue weighted by Gasteiger charge is -2.15. The van der Waals surface area contributed by atoms with Crippen LogP contribution in [0.5, 0.6) is 0 Å². The van der Waals surface area contributed by atoms with Crippen molar-refractivity contribution in [1.82, 2.24) is 0 Å². The molecule has 0 saturated heterocycles. The van der Waals surface area contributed by atoms with Crippen LogP contribution in [0.1, 0.15) is 51.1 Å². The smallest absolute Gasteiger partial charge is 0.314 e. The van der Waals surface area contributed by atoms with Crippen LogP contribution in [0.2, 0.25) is 0 Å². The maximum absolute atomic E-state index is 12.6. The topological polar surface area (TPSA) is 109 Å². The highest BCUT2D eigenvalue weighted by molar-refractivity contribution is 6.18. The van der Waals surface area contributed by atoms with Gasteiger partial charge in [-0.05, 0) is 24.1 Å². The molecule has 0 aliphatic heterocycles. The summed E-state index contributed by atoms with van der Waals surface area (Å²) >= 11 is 0. The second-order valence-electron chi connectivity index (χ2n) is 6.36. The quantitative estimate of drug-likeness (QED) is 0.183. The van der Waals surface area contributed by atoms with E-state index in [1.165, 1.54) is 20.1 Å². The first kappa shape index (κ1) is 20.8. The highest BCUT2D eigenvalue weighted by Crippen LogP contribution is 2.36. The summed E-state index contributed by atoms with van der Waals surface area (Å²) in [6.45, 7) is 5.29. The average molecular weight is 410 g/mol. The summed E-state index contributed by atoms with van der Waals surface area (Å²) < 4.78 is 20.0. The second kappa shape index (κ2) is 8.60. The van der Waals surface area contributed by atoms with Crippen LogP contribution in [-0.4, -0.2) is 37.7 Å². The number of methoxy groups -OCH3 is 1. The normalized spacial score (nSPS) is 13.0. The fourth-order valence-electron chi connectivity index (χ4n) is 2.94. The number of hydrogen-bond acceptors (Lipinski definition) is 8. The zero-order valence-electron chi connectivity index (χ0n) is 16.4. The molecule has 0 spiro atoms. The van der Waals surface area contributed by atoms with Gasteiger partial charge in [-0.15, -0.1) is 0 Å². The third kappa shape index (κ3) is 3.93. The largest absolute Gasteiger partial charge is 0.498 e. The van der Waals surface area contributed by atoms with Gasteiger partial charge < -0.3 is 18.6 Å². The number of allylic oxidation sites excluding steroid dienone is 1. The number of esters is 1. The van der Waals surface area contributed by atoms with Crippen LogP contribution in [0.4, 0.5) is 0 Å². The van der Waals surface area contributed by atoms with E-state index in [4.69, 9.17) is 18.6 Å². The highest BCUT2D eigenvalue weighted by Gasteiger charge is 2.31. The van der Waals surface area contributed by atoms with Crippen LogP contribution >= 0.6 is 0 Å². The van der Waals surface area contributed by atoms with Crippen molar-refractivity contribution in [2.45, 2.75) is 13.3 Å². The molecule has 0 bridgehead atoms. The van der Waals surface area contributed by atoms with E-state index in [2.05, 4.69) is 6.58 Å². The Hall–Kier alpha value is -3.94. The molecule has 0 radical (unpaired) electrons. The zero-order valence-corrected chi connectivity index (χ0v) is 16.4. The standard InChI is InChI=1S/C22H18O8/c1-12-14-6-4-5-7-15(14)21(26)22-16(12)8-18(30-22)17(24)9-20(25)28-10-19(29-11-23)13(2)27-3/h4-8,11H,1,9-10H2,2-3H3/b19-13-. The van der Waals surface area contributed by atoms with Crippen molar-refractivity contribution in [3.8, 4) is 0 Å². The Morgan fingerprint density at radius 3 is 2.53 bits per heavy atom. The minimum absolute atomic E-state index is 0.00132. The molecule has 3 rings (SSSR count). The number of Topliss-reactive ketones (excluding diaryl/α,β-unsaturated/α-hetero) is 1. The van der Waals surface area contributed by atoms with Gasteiger partial charge in [0.2, 0.25) is 11.6 Å². The molecule has 30 heavy (non-hydrogen) atoms. The number of carbonyl (C=O) groups excluding carboxylic acids is 4. The third-order valence-corrected chi connectivity index (χ3v) is 4.59. The SMILES string of the molecule is C=C1c2ccccc2C(=O)c2oc(C(=O)CC(=O)OC/C(OC=O)=C(\C)OC)cc21. The first-order valence-corrected chi connectivity index (χ1v) is 8.87. The molecule has 0 saturated carbocycles. The third-order valence-electron chi connectivity index (χ3n) is 4.59. The number of furan rings is 1. The molecule has 0 amide bonds. The van der Waals surface area contributed by atoms with Gasteiger partial charge in [-0.3, -0.25) is 19.2 Å². The first-order chi connectivity index (χ1) is 14.4. The lowest BCUT2D eigenvalue weighted by atomic mass is 9.86. The Morgan fingerprint density at radius 1 is 1.17 bits per heavy atom. The number of ketones is 2.